The van der Waals surface area contributed by atoms with Gasteiger partial charge in [0.1, 0.15) is 5.75 Å². The highest BCUT2D eigenvalue weighted by molar-refractivity contribution is 5.32. The van der Waals surface area contributed by atoms with Gasteiger partial charge in [-0.25, -0.2) is 0 Å². The van der Waals surface area contributed by atoms with Crippen LogP contribution >= 0.6 is 0 Å². The molecule has 0 aliphatic rings. The molecule has 0 saturated heterocycles. The van der Waals surface area contributed by atoms with Crippen molar-refractivity contribution in [2.24, 2.45) is 5.92 Å². The van der Waals surface area contributed by atoms with Gasteiger partial charge in [-0.1, -0.05) is 18.2 Å². The molecule has 0 heterocycles. The van der Waals surface area contributed by atoms with Gasteiger partial charge in [0.2, 0.25) is 0 Å². The number of para-hydroxylation sites is 1. The summed E-state index contributed by atoms with van der Waals surface area (Å²) in [6.45, 7) is 0.0858. The van der Waals surface area contributed by atoms with E-state index in [-0.39, 0.29) is 18.3 Å². The highest BCUT2D eigenvalue weighted by Crippen LogP contribution is 2.20. The van der Waals surface area contributed by atoms with E-state index in [1.54, 1.807) is 12.1 Å². The van der Waals surface area contributed by atoms with Crippen molar-refractivity contribution < 1.29 is 10.2 Å². The monoisotopic (exact) mass is 190 g/mol. The fraction of sp³-hybridized carbons (Fsp3) is 0.333. The normalized spacial score (nSPS) is 12.0. The first-order chi connectivity index (χ1) is 6.77. The van der Waals surface area contributed by atoms with Gasteiger partial charge in [0, 0.05) is 12.5 Å². The topological polar surface area (TPSA) is 40.5 Å². The van der Waals surface area contributed by atoms with Crippen LogP contribution in [0.15, 0.2) is 24.3 Å². The van der Waals surface area contributed by atoms with Gasteiger partial charge < -0.3 is 10.2 Å². The zero-order valence-corrected chi connectivity index (χ0v) is 7.98. The number of terminal acetylenes is 1. The molecule has 0 aliphatic heterocycles. The Morgan fingerprint density at radius 1 is 1.36 bits per heavy atom. The van der Waals surface area contributed by atoms with Crippen LogP contribution < -0.4 is 0 Å². The summed E-state index contributed by atoms with van der Waals surface area (Å²) in [5, 5.41) is 18.2. The second-order valence-electron chi connectivity index (χ2n) is 3.21. The van der Waals surface area contributed by atoms with Crippen LogP contribution in [0.25, 0.3) is 0 Å². The molecule has 1 unspecified atom stereocenters. The molecule has 0 aromatic heterocycles. The van der Waals surface area contributed by atoms with E-state index in [0.29, 0.717) is 12.8 Å². The van der Waals surface area contributed by atoms with Crippen molar-refractivity contribution in [1.82, 2.24) is 0 Å². The molecule has 2 N–H and O–H groups in total. The average Bonchev–Trinajstić information content (AvgIpc) is 2.20. The van der Waals surface area contributed by atoms with Gasteiger partial charge in [0.15, 0.2) is 0 Å². The Morgan fingerprint density at radius 2 is 2.07 bits per heavy atom. The molecule has 0 fully saturated rings. The number of rotatable bonds is 4. The third-order valence-electron chi connectivity index (χ3n) is 2.17. The molecule has 14 heavy (non-hydrogen) atoms. The van der Waals surface area contributed by atoms with E-state index in [4.69, 9.17) is 11.5 Å². The van der Waals surface area contributed by atoms with Crippen molar-refractivity contribution in [2.75, 3.05) is 6.61 Å². The standard InChI is InChI=1S/C12H14O2/c1-2-10(7-8-13)9-11-5-3-4-6-12(11)14/h1,3-6,10,13-14H,7-9H2. The number of aliphatic hydroxyl groups excluding tert-OH is 1. The third-order valence-corrected chi connectivity index (χ3v) is 2.17. The molecule has 0 bridgehead atoms. The highest BCUT2D eigenvalue weighted by atomic mass is 16.3. The van der Waals surface area contributed by atoms with Gasteiger partial charge in [-0.15, -0.1) is 12.3 Å². The van der Waals surface area contributed by atoms with Crippen LogP contribution in [0.2, 0.25) is 0 Å². The molecule has 2 heteroatoms. The maximum Gasteiger partial charge on any atom is 0.118 e. The quantitative estimate of drug-likeness (QED) is 0.707. The molecule has 1 rings (SSSR count). The average molecular weight is 190 g/mol. The molecular formula is C12H14O2. The molecule has 1 aromatic carbocycles. The summed E-state index contributed by atoms with van der Waals surface area (Å²) in [6, 6.07) is 7.12. The predicted octanol–water partition coefficient (Wildman–Crippen LogP) is 1.57. The van der Waals surface area contributed by atoms with Crippen molar-refractivity contribution in [2.45, 2.75) is 12.8 Å². The van der Waals surface area contributed by atoms with Crippen LogP contribution in [0.5, 0.6) is 5.75 Å². The number of aliphatic hydroxyl groups is 1. The molecule has 0 aliphatic carbocycles. The lowest BCUT2D eigenvalue weighted by molar-refractivity contribution is 0.271. The van der Waals surface area contributed by atoms with Crippen LogP contribution in [0.1, 0.15) is 12.0 Å². The van der Waals surface area contributed by atoms with Gasteiger partial charge in [-0.2, -0.15) is 0 Å². The summed E-state index contributed by atoms with van der Waals surface area (Å²) in [5.41, 5.74) is 0.837. The highest BCUT2D eigenvalue weighted by Gasteiger charge is 2.08. The lowest BCUT2D eigenvalue weighted by atomic mass is 9.97. The minimum Gasteiger partial charge on any atom is -0.508 e. The molecule has 1 aromatic rings. The zero-order chi connectivity index (χ0) is 10.4. The maximum atomic E-state index is 9.49. The van der Waals surface area contributed by atoms with Gasteiger partial charge in [0.25, 0.3) is 0 Å². The summed E-state index contributed by atoms with van der Waals surface area (Å²) in [5.74, 6) is 2.87. The van der Waals surface area contributed by atoms with Crippen molar-refractivity contribution in [3.63, 3.8) is 0 Å². The lowest BCUT2D eigenvalue weighted by Crippen LogP contribution is -2.04. The Labute approximate surface area is 84.2 Å². The minimum atomic E-state index is -0.00620. The molecule has 2 nitrogen and oxygen atoms in total. The van der Waals surface area contributed by atoms with Crippen LogP contribution in [-0.2, 0) is 6.42 Å². The van der Waals surface area contributed by atoms with Gasteiger partial charge in [-0.3, -0.25) is 0 Å². The van der Waals surface area contributed by atoms with Gasteiger partial charge in [-0.05, 0) is 24.5 Å². The second kappa shape index (κ2) is 5.31. The van der Waals surface area contributed by atoms with Crippen molar-refractivity contribution >= 4 is 0 Å². The maximum absolute atomic E-state index is 9.49. The molecular weight excluding hydrogens is 176 g/mol. The van der Waals surface area contributed by atoms with Crippen molar-refractivity contribution in [3.05, 3.63) is 29.8 Å². The Hall–Kier alpha value is -1.46. The van der Waals surface area contributed by atoms with Crippen LogP contribution in [0.4, 0.5) is 0 Å². The smallest absolute Gasteiger partial charge is 0.118 e. The molecule has 0 radical (unpaired) electrons. The third kappa shape index (κ3) is 2.79. The van der Waals surface area contributed by atoms with E-state index in [1.165, 1.54) is 0 Å². The zero-order valence-electron chi connectivity index (χ0n) is 7.98. The largest absolute Gasteiger partial charge is 0.508 e. The number of hydrogen-bond donors (Lipinski definition) is 2. The summed E-state index contributed by atoms with van der Waals surface area (Å²) >= 11 is 0. The number of phenols is 1. The first-order valence-corrected chi connectivity index (χ1v) is 4.61. The summed E-state index contributed by atoms with van der Waals surface area (Å²) in [4.78, 5) is 0. The summed E-state index contributed by atoms with van der Waals surface area (Å²) < 4.78 is 0. The fourth-order valence-electron chi connectivity index (χ4n) is 1.35. The van der Waals surface area contributed by atoms with E-state index in [0.717, 1.165) is 5.56 Å². The van der Waals surface area contributed by atoms with Gasteiger partial charge >= 0.3 is 0 Å². The van der Waals surface area contributed by atoms with Gasteiger partial charge in [0.05, 0.1) is 0 Å². The Kier molecular flexibility index (Phi) is 4.03. The first-order valence-electron chi connectivity index (χ1n) is 4.61. The number of benzene rings is 1. The molecule has 1 atom stereocenters. The fourth-order valence-corrected chi connectivity index (χ4v) is 1.35. The SMILES string of the molecule is C#CC(CCO)Cc1ccccc1O. The number of hydrogen-bond acceptors (Lipinski definition) is 2. The molecule has 0 amide bonds. The predicted molar refractivity (Wildman–Crippen MR) is 55.8 cm³/mol. The summed E-state index contributed by atoms with van der Waals surface area (Å²) in [7, 11) is 0. The number of phenolic OH excluding ortho intramolecular Hbond substituents is 1. The summed E-state index contributed by atoms with van der Waals surface area (Å²) in [6.07, 6.45) is 6.50. The Morgan fingerprint density at radius 3 is 2.64 bits per heavy atom. The van der Waals surface area contributed by atoms with E-state index < -0.39 is 0 Å². The Bertz CT molecular complexity index is 325. The molecule has 0 spiro atoms. The van der Waals surface area contributed by atoms with Crippen LogP contribution in [0, 0.1) is 18.3 Å². The first kappa shape index (κ1) is 10.6. The second-order valence-corrected chi connectivity index (χ2v) is 3.21. The van der Waals surface area contributed by atoms with Crippen molar-refractivity contribution in [1.29, 1.82) is 0 Å². The van der Waals surface area contributed by atoms with Crippen LogP contribution in [0.3, 0.4) is 0 Å². The van der Waals surface area contributed by atoms with E-state index >= 15 is 0 Å². The molecule has 0 saturated carbocycles. The minimum absolute atomic E-state index is 0.00620. The Balaban J connectivity index is 2.68. The molecule has 74 valence electrons. The van der Waals surface area contributed by atoms with E-state index in [1.807, 2.05) is 12.1 Å². The van der Waals surface area contributed by atoms with E-state index in [2.05, 4.69) is 5.92 Å². The van der Waals surface area contributed by atoms with Crippen molar-refractivity contribution in [3.8, 4) is 18.1 Å². The lowest BCUT2D eigenvalue weighted by Gasteiger charge is -2.09. The van der Waals surface area contributed by atoms with E-state index in [9.17, 15) is 5.11 Å². The number of aromatic hydroxyl groups is 1. The van der Waals surface area contributed by atoms with Crippen LogP contribution in [-0.4, -0.2) is 16.8 Å².